The van der Waals surface area contributed by atoms with Gasteiger partial charge in [-0.05, 0) is 56.9 Å². The minimum Gasteiger partial charge on any atom is -0.495 e. The fourth-order valence-electron chi connectivity index (χ4n) is 1.87. The highest BCUT2D eigenvalue weighted by molar-refractivity contribution is 6.32. The number of benzene rings is 1. The summed E-state index contributed by atoms with van der Waals surface area (Å²) in [6.45, 7) is 7.31. The smallest absolute Gasteiger partial charge is 0.309 e. The molecule has 0 aliphatic heterocycles. The van der Waals surface area contributed by atoms with Crippen LogP contribution in [-0.4, -0.2) is 18.2 Å². The van der Waals surface area contributed by atoms with Crippen LogP contribution in [0.25, 0.3) is 0 Å². The molecule has 0 aliphatic carbocycles. The molecule has 3 nitrogen and oxygen atoms in total. The van der Waals surface area contributed by atoms with E-state index in [2.05, 4.69) is 0 Å². The van der Waals surface area contributed by atoms with Crippen molar-refractivity contribution in [1.82, 2.24) is 0 Å². The van der Waals surface area contributed by atoms with Crippen molar-refractivity contribution in [2.24, 2.45) is 5.41 Å². The Bertz CT molecular complexity index is 478. The first-order valence-corrected chi connectivity index (χ1v) is 6.14. The Morgan fingerprint density at radius 2 is 2.00 bits per heavy atom. The number of carboxylic acid groups (broad SMARTS) is 1. The minimum absolute atomic E-state index is 0.388. The van der Waals surface area contributed by atoms with Crippen LogP contribution in [0.1, 0.15) is 30.5 Å². The number of aliphatic carboxylic acids is 1. The molecule has 0 atom stereocenters. The normalized spacial score (nSPS) is 11.4. The summed E-state index contributed by atoms with van der Waals surface area (Å²) in [5.41, 5.74) is 2.09. The molecule has 0 fully saturated rings. The van der Waals surface area contributed by atoms with Gasteiger partial charge in [0.25, 0.3) is 0 Å². The van der Waals surface area contributed by atoms with Crippen molar-refractivity contribution in [3.63, 3.8) is 0 Å². The van der Waals surface area contributed by atoms with Gasteiger partial charge in [0.1, 0.15) is 5.75 Å². The topological polar surface area (TPSA) is 46.5 Å². The number of ether oxygens (including phenoxy) is 1. The second kappa shape index (κ2) is 5.19. The second-order valence-corrected chi connectivity index (χ2v) is 5.59. The minimum atomic E-state index is -0.852. The molecule has 0 spiro atoms. The van der Waals surface area contributed by atoms with E-state index in [1.165, 1.54) is 0 Å². The Morgan fingerprint density at radius 1 is 1.44 bits per heavy atom. The fourth-order valence-corrected chi connectivity index (χ4v) is 2.22. The molecule has 1 rings (SSSR count). The van der Waals surface area contributed by atoms with Crippen LogP contribution in [0.2, 0.25) is 5.02 Å². The average Bonchev–Trinajstić information content (AvgIpc) is 2.25. The zero-order valence-corrected chi connectivity index (χ0v) is 12.2. The largest absolute Gasteiger partial charge is 0.495 e. The van der Waals surface area contributed by atoms with Gasteiger partial charge >= 0.3 is 5.97 Å². The standard InChI is InChI=1S/C14H19ClO3/c1-8-6-11(15)12(18-5)10(9(8)2)7-14(3,4)13(16)17/h6H,7H2,1-5H3,(H,16,17). The molecular formula is C14H19ClO3. The lowest BCUT2D eigenvalue weighted by molar-refractivity contribution is -0.146. The van der Waals surface area contributed by atoms with E-state index in [1.807, 2.05) is 19.9 Å². The molecule has 1 N–H and O–H groups in total. The maximum absolute atomic E-state index is 11.2. The van der Waals surface area contributed by atoms with Crippen LogP contribution in [0.5, 0.6) is 5.75 Å². The van der Waals surface area contributed by atoms with E-state index in [1.54, 1.807) is 21.0 Å². The monoisotopic (exact) mass is 270 g/mol. The van der Waals surface area contributed by atoms with Crippen LogP contribution >= 0.6 is 11.6 Å². The number of halogens is 1. The summed E-state index contributed by atoms with van der Waals surface area (Å²) in [6.07, 6.45) is 0.388. The molecule has 0 heterocycles. The molecule has 18 heavy (non-hydrogen) atoms. The van der Waals surface area contributed by atoms with Gasteiger partial charge in [-0.15, -0.1) is 0 Å². The summed E-state index contributed by atoms with van der Waals surface area (Å²) >= 11 is 6.14. The molecular weight excluding hydrogens is 252 g/mol. The number of aryl methyl sites for hydroxylation is 1. The van der Waals surface area contributed by atoms with Crippen LogP contribution in [0.15, 0.2) is 6.07 Å². The number of rotatable bonds is 4. The fraction of sp³-hybridized carbons (Fsp3) is 0.500. The third-order valence-electron chi connectivity index (χ3n) is 3.28. The van der Waals surface area contributed by atoms with Gasteiger partial charge in [0.15, 0.2) is 0 Å². The Kier molecular flexibility index (Phi) is 4.28. The number of carbonyl (C=O) groups is 1. The second-order valence-electron chi connectivity index (χ2n) is 5.18. The number of hydrogen-bond acceptors (Lipinski definition) is 2. The molecule has 4 heteroatoms. The Hall–Kier alpha value is -1.22. The molecule has 0 radical (unpaired) electrons. The summed E-state index contributed by atoms with van der Waals surface area (Å²) in [5.74, 6) is -0.254. The molecule has 0 saturated carbocycles. The van der Waals surface area contributed by atoms with Gasteiger partial charge in [0.05, 0.1) is 17.5 Å². The van der Waals surface area contributed by atoms with Crippen LogP contribution < -0.4 is 4.74 Å². The summed E-state index contributed by atoms with van der Waals surface area (Å²) in [7, 11) is 1.55. The highest BCUT2D eigenvalue weighted by atomic mass is 35.5. The van der Waals surface area contributed by atoms with Crippen LogP contribution in [0, 0.1) is 19.3 Å². The highest BCUT2D eigenvalue weighted by Gasteiger charge is 2.30. The van der Waals surface area contributed by atoms with Gasteiger partial charge in [-0.1, -0.05) is 11.6 Å². The highest BCUT2D eigenvalue weighted by Crippen LogP contribution is 2.37. The lowest BCUT2D eigenvalue weighted by atomic mass is 9.83. The van der Waals surface area contributed by atoms with Crippen molar-refractivity contribution in [3.8, 4) is 5.75 Å². The molecule has 0 amide bonds. The molecule has 1 aromatic carbocycles. The van der Waals surface area contributed by atoms with Crippen LogP contribution in [-0.2, 0) is 11.2 Å². The van der Waals surface area contributed by atoms with Gasteiger partial charge in [-0.2, -0.15) is 0 Å². The predicted octanol–water partition coefficient (Wildman–Crippen LogP) is 3.62. The van der Waals surface area contributed by atoms with Gasteiger partial charge in [0.2, 0.25) is 0 Å². The van der Waals surface area contributed by atoms with Gasteiger partial charge in [0, 0.05) is 0 Å². The van der Waals surface area contributed by atoms with E-state index < -0.39 is 11.4 Å². The van der Waals surface area contributed by atoms with Crippen LogP contribution in [0.4, 0.5) is 0 Å². The van der Waals surface area contributed by atoms with Crippen molar-refractivity contribution >= 4 is 17.6 Å². The van der Waals surface area contributed by atoms with E-state index in [4.69, 9.17) is 16.3 Å². The average molecular weight is 271 g/mol. The van der Waals surface area contributed by atoms with E-state index in [9.17, 15) is 9.90 Å². The lowest BCUT2D eigenvalue weighted by Crippen LogP contribution is -2.27. The Balaban J connectivity index is 3.35. The van der Waals surface area contributed by atoms with E-state index in [-0.39, 0.29) is 0 Å². The summed E-state index contributed by atoms with van der Waals surface area (Å²) < 4.78 is 5.31. The number of methoxy groups -OCH3 is 1. The third-order valence-corrected chi connectivity index (χ3v) is 3.56. The lowest BCUT2D eigenvalue weighted by Gasteiger charge is -2.23. The maximum Gasteiger partial charge on any atom is 0.309 e. The number of carboxylic acids is 1. The SMILES string of the molecule is COc1c(Cl)cc(C)c(C)c1CC(C)(C)C(=O)O. The van der Waals surface area contributed by atoms with Crippen LogP contribution in [0.3, 0.4) is 0 Å². The van der Waals surface area contributed by atoms with Crippen molar-refractivity contribution in [2.75, 3.05) is 7.11 Å². The molecule has 0 aromatic heterocycles. The summed E-state index contributed by atoms with van der Waals surface area (Å²) in [5, 5.41) is 9.75. The summed E-state index contributed by atoms with van der Waals surface area (Å²) in [6, 6.07) is 1.84. The predicted molar refractivity (Wildman–Crippen MR) is 72.6 cm³/mol. The zero-order chi connectivity index (χ0) is 14.1. The van der Waals surface area contributed by atoms with Gasteiger partial charge in [-0.3, -0.25) is 4.79 Å². The van der Waals surface area contributed by atoms with Crippen molar-refractivity contribution in [2.45, 2.75) is 34.1 Å². The number of hydrogen-bond donors (Lipinski definition) is 1. The van der Waals surface area contributed by atoms with Gasteiger partial charge < -0.3 is 9.84 Å². The first-order chi connectivity index (χ1) is 8.20. The third kappa shape index (κ3) is 2.78. The van der Waals surface area contributed by atoms with E-state index in [0.29, 0.717) is 17.2 Å². The van der Waals surface area contributed by atoms with E-state index in [0.717, 1.165) is 16.7 Å². The first-order valence-electron chi connectivity index (χ1n) is 5.76. The molecule has 1 aromatic rings. The quantitative estimate of drug-likeness (QED) is 0.909. The van der Waals surface area contributed by atoms with Crippen molar-refractivity contribution in [3.05, 3.63) is 27.8 Å². The molecule has 0 bridgehead atoms. The molecule has 0 saturated heterocycles. The molecule has 100 valence electrons. The van der Waals surface area contributed by atoms with Crippen molar-refractivity contribution < 1.29 is 14.6 Å². The summed E-state index contributed by atoms with van der Waals surface area (Å²) in [4.78, 5) is 11.2. The first kappa shape index (κ1) is 14.8. The van der Waals surface area contributed by atoms with Gasteiger partial charge in [-0.25, -0.2) is 0 Å². The maximum atomic E-state index is 11.2. The molecule has 0 aliphatic rings. The Morgan fingerprint density at radius 3 is 2.44 bits per heavy atom. The zero-order valence-electron chi connectivity index (χ0n) is 11.4. The van der Waals surface area contributed by atoms with E-state index >= 15 is 0 Å². The Labute approximate surface area is 113 Å². The molecule has 0 unspecified atom stereocenters. The van der Waals surface area contributed by atoms with Crippen molar-refractivity contribution in [1.29, 1.82) is 0 Å².